The Morgan fingerprint density at radius 1 is 1.50 bits per heavy atom. The van der Waals surface area contributed by atoms with Gasteiger partial charge in [0.15, 0.2) is 5.13 Å². The van der Waals surface area contributed by atoms with Gasteiger partial charge in [-0.15, -0.1) is 22.9 Å². The highest BCUT2D eigenvalue weighted by molar-refractivity contribution is 7.13. The third kappa shape index (κ3) is 2.67. The van der Waals surface area contributed by atoms with Gasteiger partial charge in [-0.2, -0.15) is 0 Å². The topological polar surface area (TPSA) is 19.4 Å². The molecule has 1 aliphatic heterocycles. The smallest absolute Gasteiger partial charge is 0.185 e. The Balaban J connectivity index is 1.93. The van der Waals surface area contributed by atoms with Gasteiger partial charge < -0.3 is 9.80 Å². The molecule has 16 heavy (non-hydrogen) atoms. The van der Waals surface area contributed by atoms with Crippen molar-refractivity contribution in [3.63, 3.8) is 0 Å². The van der Waals surface area contributed by atoms with Crippen molar-refractivity contribution in [2.24, 2.45) is 0 Å². The standard InChI is InChI=1S/C11H18ClN3S/c1-14(2)10-3-5-15(6-4-10)11-13-9(7-12)8-16-11/h8,10H,3-7H2,1-2H3. The molecule has 3 nitrogen and oxygen atoms in total. The maximum absolute atomic E-state index is 5.76. The summed E-state index contributed by atoms with van der Waals surface area (Å²) in [6.07, 6.45) is 2.45. The average Bonchev–Trinajstić information content (AvgIpc) is 2.77. The molecule has 2 rings (SSSR count). The van der Waals surface area contributed by atoms with Crippen LogP contribution in [0.3, 0.4) is 0 Å². The van der Waals surface area contributed by atoms with Crippen molar-refractivity contribution in [3.8, 4) is 0 Å². The van der Waals surface area contributed by atoms with Gasteiger partial charge in [-0.25, -0.2) is 4.98 Å². The largest absolute Gasteiger partial charge is 0.348 e. The first kappa shape index (κ1) is 12.1. The number of nitrogens with zero attached hydrogens (tertiary/aromatic N) is 3. The van der Waals surface area contributed by atoms with Gasteiger partial charge in [-0.05, 0) is 26.9 Å². The Hall–Kier alpha value is -0.320. The minimum Gasteiger partial charge on any atom is -0.348 e. The summed E-state index contributed by atoms with van der Waals surface area (Å²) in [5.41, 5.74) is 0.997. The molecule has 1 fully saturated rings. The third-order valence-electron chi connectivity index (χ3n) is 3.14. The van der Waals surface area contributed by atoms with Crippen molar-refractivity contribution in [1.82, 2.24) is 9.88 Å². The molecular formula is C11H18ClN3S. The van der Waals surface area contributed by atoms with E-state index in [2.05, 4.69) is 34.3 Å². The summed E-state index contributed by atoms with van der Waals surface area (Å²) in [5, 5.41) is 3.19. The average molecular weight is 260 g/mol. The predicted octanol–water partition coefficient (Wildman–Crippen LogP) is 2.41. The molecule has 0 spiro atoms. The van der Waals surface area contributed by atoms with Crippen molar-refractivity contribution in [1.29, 1.82) is 0 Å². The monoisotopic (exact) mass is 259 g/mol. The summed E-state index contributed by atoms with van der Waals surface area (Å²) in [6, 6.07) is 0.726. The fourth-order valence-corrected chi connectivity index (χ4v) is 3.18. The van der Waals surface area contributed by atoms with E-state index in [-0.39, 0.29) is 0 Å². The van der Waals surface area contributed by atoms with Crippen molar-refractivity contribution in [3.05, 3.63) is 11.1 Å². The van der Waals surface area contributed by atoms with Gasteiger partial charge in [-0.3, -0.25) is 0 Å². The van der Waals surface area contributed by atoms with E-state index >= 15 is 0 Å². The van der Waals surface area contributed by atoms with Crippen LogP contribution in [0.2, 0.25) is 0 Å². The molecule has 0 atom stereocenters. The van der Waals surface area contributed by atoms with E-state index in [1.807, 2.05) is 0 Å². The quantitative estimate of drug-likeness (QED) is 0.778. The van der Waals surface area contributed by atoms with Gasteiger partial charge >= 0.3 is 0 Å². The summed E-state index contributed by atoms with van der Waals surface area (Å²) >= 11 is 7.47. The number of halogens is 1. The molecule has 0 aliphatic carbocycles. The lowest BCUT2D eigenvalue weighted by atomic mass is 10.0. The van der Waals surface area contributed by atoms with Crippen molar-refractivity contribution >= 4 is 28.1 Å². The number of hydrogen-bond donors (Lipinski definition) is 0. The van der Waals surface area contributed by atoms with Crippen LogP contribution in [0.15, 0.2) is 5.38 Å². The number of anilines is 1. The Morgan fingerprint density at radius 2 is 2.19 bits per heavy atom. The second-order valence-corrected chi connectivity index (χ2v) is 5.54. The molecule has 0 radical (unpaired) electrons. The number of piperidine rings is 1. The van der Waals surface area contributed by atoms with Crippen LogP contribution in [0.4, 0.5) is 5.13 Å². The SMILES string of the molecule is CN(C)C1CCN(c2nc(CCl)cs2)CC1. The van der Waals surface area contributed by atoms with E-state index < -0.39 is 0 Å². The molecule has 0 unspecified atom stereocenters. The van der Waals surface area contributed by atoms with Crippen LogP contribution in [-0.4, -0.2) is 43.1 Å². The Bertz CT molecular complexity index is 332. The molecule has 1 saturated heterocycles. The molecule has 0 aromatic carbocycles. The molecule has 0 amide bonds. The zero-order valence-corrected chi connectivity index (χ0v) is 11.4. The molecule has 90 valence electrons. The maximum Gasteiger partial charge on any atom is 0.185 e. The number of rotatable bonds is 3. The highest BCUT2D eigenvalue weighted by Crippen LogP contribution is 2.25. The van der Waals surface area contributed by atoms with Crippen LogP contribution in [0.1, 0.15) is 18.5 Å². The predicted molar refractivity (Wildman–Crippen MR) is 70.6 cm³/mol. The molecule has 0 saturated carbocycles. The molecule has 0 N–H and O–H groups in total. The summed E-state index contributed by atoms with van der Waals surface area (Å²) in [6.45, 7) is 2.22. The molecule has 5 heteroatoms. The Labute approximate surface area is 106 Å². The molecule has 1 aliphatic rings. The Morgan fingerprint density at radius 3 is 2.69 bits per heavy atom. The zero-order chi connectivity index (χ0) is 11.5. The van der Waals surface area contributed by atoms with E-state index in [1.165, 1.54) is 12.8 Å². The third-order valence-corrected chi connectivity index (χ3v) is 4.37. The van der Waals surface area contributed by atoms with Gasteiger partial charge in [0.2, 0.25) is 0 Å². The maximum atomic E-state index is 5.76. The zero-order valence-electron chi connectivity index (χ0n) is 9.82. The number of aromatic nitrogens is 1. The van der Waals surface area contributed by atoms with Crippen LogP contribution in [0.25, 0.3) is 0 Å². The van der Waals surface area contributed by atoms with E-state index in [0.717, 1.165) is 30.0 Å². The summed E-state index contributed by atoms with van der Waals surface area (Å²) < 4.78 is 0. The van der Waals surface area contributed by atoms with Gasteiger partial charge in [0.05, 0.1) is 11.6 Å². The van der Waals surface area contributed by atoms with Gasteiger partial charge in [0.25, 0.3) is 0 Å². The highest BCUT2D eigenvalue weighted by atomic mass is 35.5. The first-order valence-electron chi connectivity index (χ1n) is 5.62. The van der Waals surface area contributed by atoms with Crippen molar-refractivity contribution < 1.29 is 0 Å². The van der Waals surface area contributed by atoms with Gasteiger partial charge in [0.1, 0.15) is 0 Å². The highest BCUT2D eigenvalue weighted by Gasteiger charge is 2.22. The minimum absolute atomic E-state index is 0.519. The first-order chi connectivity index (χ1) is 7.70. The summed E-state index contributed by atoms with van der Waals surface area (Å²) in [7, 11) is 4.32. The van der Waals surface area contributed by atoms with Crippen LogP contribution < -0.4 is 4.90 Å². The summed E-state index contributed by atoms with van der Waals surface area (Å²) in [4.78, 5) is 9.22. The second kappa shape index (κ2) is 5.34. The number of hydrogen-bond acceptors (Lipinski definition) is 4. The van der Waals surface area contributed by atoms with E-state index in [9.17, 15) is 0 Å². The first-order valence-corrected chi connectivity index (χ1v) is 7.04. The van der Waals surface area contributed by atoms with Crippen LogP contribution in [0.5, 0.6) is 0 Å². The molecule has 1 aromatic heterocycles. The fourth-order valence-electron chi connectivity index (χ4n) is 2.08. The lowest BCUT2D eigenvalue weighted by molar-refractivity contribution is 0.249. The number of thiazole rings is 1. The Kier molecular flexibility index (Phi) is 4.05. The van der Waals surface area contributed by atoms with Crippen LogP contribution >= 0.6 is 22.9 Å². The number of alkyl halides is 1. The van der Waals surface area contributed by atoms with E-state index in [4.69, 9.17) is 11.6 Å². The summed E-state index contributed by atoms with van der Waals surface area (Å²) in [5.74, 6) is 0.519. The van der Waals surface area contributed by atoms with Gasteiger partial charge in [0, 0.05) is 24.5 Å². The second-order valence-electron chi connectivity index (χ2n) is 4.44. The van der Waals surface area contributed by atoms with Crippen molar-refractivity contribution in [2.75, 3.05) is 32.1 Å². The molecule has 0 bridgehead atoms. The molecular weight excluding hydrogens is 242 g/mol. The minimum atomic E-state index is 0.519. The van der Waals surface area contributed by atoms with Gasteiger partial charge in [-0.1, -0.05) is 0 Å². The lowest BCUT2D eigenvalue weighted by Crippen LogP contribution is -2.41. The lowest BCUT2D eigenvalue weighted by Gasteiger charge is -2.35. The van der Waals surface area contributed by atoms with Crippen LogP contribution in [-0.2, 0) is 5.88 Å². The molecule has 2 heterocycles. The van der Waals surface area contributed by atoms with Crippen molar-refractivity contribution in [2.45, 2.75) is 24.8 Å². The molecule has 1 aromatic rings. The fraction of sp³-hybridized carbons (Fsp3) is 0.727. The van der Waals surface area contributed by atoms with E-state index in [0.29, 0.717) is 5.88 Å². The van der Waals surface area contributed by atoms with Crippen LogP contribution in [0, 0.1) is 0 Å². The normalized spacial score (nSPS) is 18.4. The van der Waals surface area contributed by atoms with E-state index in [1.54, 1.807) is 11.3 Å².